The standard InChI is InChI=1S/C14H14N4O2/c1-8-6-9(13(16)19)2-4-11(8)18-14(20)12-5-3-10(15)7-17-12/h2-7H,15H2,1H3,(H2,16,19)(H,18,20). The zero-order chi connectivity index (χ0) is 14.7. The number of carbonyl (C=O) groups is 2. The summed E-state index contributed by atoms with van der Waals surface area (Å²) in [6, 6.07) is 7.95. The van der Waals surface area contributed by atoms with Crippen LogP contribution in [0.4, 0.5) is 11.4 Å². The van der Waals surface area contributed by atoms with Crippen LogP contribution in [0.5, 0.6) is 0 Å². The molecule has 0 saturated heterocycles. The van der Waals surface area contributed by atoms with E-state index in [9.17, 15) is 9.59 Å². The summed E-state index contributed by atoms with van der Waals surface area (Å²) in [5.41, 5.74) is 13.2. The number of nitrogens with one attached hydrogen (secondary N) is 1. The molecule has 0 spiro atoms. The lowest BCUT2D eigenvalue weighted by molar-refractivity contribution is 0.0998. The van der Waals surface area contributed by atoms with Crippen molar-refractivity contribution in [2.75, 3.05) is 11.1 Å². The molecule has 20 heavy (non-hydrogen) atoms. The molecule has 0 radical (unpaired) electrons. The summed E-state index contributed by atoms with van der Waals surface area (Å²) < 4.78 is 0. The number of rotatable bonds is 3. The molecule has 2 aromatic rings. The lowest BCUT2D eigenvalue weighted by atomic mass is 10.1. The van der Waals surface area contributed by atoms with E-state index in [1.165, 1.54) is 12.3 Å². The van der Waals surface area contributed by atoms with Gasteiger partial charge in [0.05, 0.1) is 11.9 Å². The predicted octanol–water partition coefficient (Wildman–Crippen LogP) is 1.32. The van der Waals surface area contributed by atoms with Gasteiger partial charge in [-0.1, -0.05) is 0 Å². The Morgan fingerprint density at radius 3 is 2.50 bits per heavy atom. The zero-order valence-electron chi connectivity index (χ0n) is 10.9. The number of anilines is 2. The van der Waals surface area contributed by atoms with E-state index < -0.39 is 5.91 Å². The number of amides is 2. The number of nitrogens with zero attached hydrogens (tertiary/aromatic N) is 1. The molecule has 0 aliphatic carbocycles. The summed E-state index contributed by atoms with van der Waals surface area (Å²) in [7, 11) is 0. The van der Waals surface area contributed by atoms with Crippen LogP contribution in [0.25, 0.3) is 0 Å². The number of pyridine rings is 1. The van der Waals surface area contributed by atoms with Crippen molar-refractivity contribution in [3.05, 3.63) is 53.3 Å². The fraction of sp³-hybridized carbons (Fsp3) is 0.0714. The van der Waals surface area contributed by atoms with E-state index in [0.29, 0.717) is 16.9 Å². The number of hydrogen-bond acceptors (Lipinski definition) is 4. The van der Waals surface area contributed by atoms with E-state index >= 15 is 0 Å². The molecule has 0 fully saturated rings. The smallest absolute Gasteiger partial charge is 0.274 e. The summed E-state index contributed by atoms with van der Waals surface area (Å²) in [5, 5.41) is 2.72. The van der Waals surface area contributed by atoms with Gasteiger partial charge in [-0.25, -0.2) is 4.98 Å². The molecule has 0 aliphatic rings. The Labute approximate surface area is 115 Å². The van der Waals surface area contributed by atoms with Gasteiger partial charge in [0.2, 0.25) is 5.91 Å². The van der Waals surface area contributed by atoms with Crippen LogP contribution in [-0.4, -0.2) is 16.8 Å². The number of benzene rings is 1. The maximum absolute atomic E-state index is 12.0. The van der Waals surface area contributed by atoms with E-state index in [-0.39, 0.29) is 11.6 Å². The summed E-state index contributed by atoms with van der Waals surface area (Å²) in [6.45, 7) is 1.78. The highest BCUT2D eigenvalue weighted by atomic mass is 16.2. The Bertz CT molecular complexity index is 665. The Morgan fingerprint density at radius 1 is 1.20 bits per heavy atom. The van der Waals surface area contributed by atoms with E-state index in [0.717, 1.165) is 5.56 Å². The van der Waals surface area contributed by atoms with Crippen molar-refractivity contribution in [2.24, 2.45) is 5.73 Å². The minimum atomic E-state index is -0.508. The monoisotopic (exact) mass is 270 g/mol. The van der Waals surface area contributed by atoms with Crippen molar-refractivity contribution >= 4 is 23.2 Å². The highest BCUT2D eigenvalue weighted by molar-refractivity contribution is 6.03. The second kappa shape index (κ2) is 5.40. The van der Waals surface area contributed by atoms with Crippen LogP contribution in [0.1, 0.15) is 26.4 Å². The first-order chi connectivity index (χ1) is 9.47. The van der Waals surface area contributed by atoms with Crippen LogP contribution in [0, 0.1) is 6.92 Å². The van der Waals surface area contributed by atoms with Gasteiger partial charge in [-0.15, -0.1) is 0 Å². The zero-order valence-corrected chi connectivity index (χ0v) is 10.9. The second-order valence-electron chi connectivity index (χ2n) is 4.32. The van der Waals surface area contributed by atoms with E-state index in [2.05, 4.69) is 10.3 Å². The van der Waals surface area contributed by atoms with Gasteiger partial charge in [-0.05, 0) is 42.8 Å². The third-order valence-corrected chi connectivity index (χ3v) is 2.78. The van der Waals surface area contributed by atoms with E-state index in [1.807, 2.05) is 0 Å². The molecule has 102 valence electrons. The molecule has 1 aromatic heterocycles. The summed E-state index contributed by atoms with van der Waals surface area (Å²) >= 11 is 0. The topological polar surface area (TPSA) is 111 Å². The molecule has 6 heteroatoms. The minimum absolute atomic E-state index is 0.262. The Morgan fingerprint density at radius 2 is 1.95 bits per heavy atom. The number of nitrogen functional groups attached to an aromatic ring is 1. The minimum Gasteiger partial charge on any atom is -0.397 e. The molecule has 0 saturated carbocycles. The molecule has 1 heterocycles. The van der Waals surface area contributed by atoms with Crippen molar-refractivity contribution in [1.82, 2.24) is 4.98 Å². The summed E-state index contributed by atoms with van der Waals surface area (Å²) in [4.78, 5) is 27.0. The highest BCUT2D eigenvalue weighted by Gasteiger charge is 2.10. The Kier molecular flexibility index (Phi) is 3.65. The van der Waals surface area contributed by atoms with Gasteiger partial charge in [0.15, 0.2) is 0 Å². The number of aromatic nitrogens is 1. The van der Waals surface area contributed by atoms with Crippen molar-refractivity contribution < 1.29 is 9.59 Å². The largest absolute Gasteiger partial charge is 0.397 e. The first-order valence-electron chi connectivity index (χ1n) is 5.90. The van der Waals surface area contributed by atoms with Gasteiger partial charge in [0.25, 0.3) is 5.91 Å². The molecular formula is C14H14N4O2. The Balaban J connectivity index is 2.19. The molecule has 6 nitrogen and oxygen atoms in total. The first-order valence-corrected chi connectivity index (χ1v) is 5.90. The quantitative estimate of drug-likeness (QED) is 0.781. The number of carbonyl (C=O) groups excluding carboxylic acids is 2. The highest BCUT2D eigenvalue weighted by Crippen LogP contribution is 2.17. The molecule has 2 rings (SSSR count). The number of primary amides is 1. The van der Waals surface area contributed by atoms with Crippen molar-refractivity contribution in [3.63, 3.8) is 0 Å². The number of hydrogen-bond donors (Lipinski definition) is 3. The average Bonchev–Trinajstić information content (AvgIpc) is 2.41. The molecular weight excluding hydrogens is 256 g/mol. The van der Waals surface area contributed by atoms with E-state index in [4.69, 9.17) is 11.5 Å². The maximum Gasteiger partial charge on any atom is 0.274 e. The molecule has 0 atom stereocenters. The fourth-order valence-electron chi connectivity index (χ4n) is 1.68. The molecule has 1 aromatic carbocycles. The summed E-state index contributed by atoms with van der Waals surface area (Å²) in [6.07, 6.45) is 1.41. The number of nitrogens with two attached hydrogens (primary N) is 2. The predicted molar refractivity (Wildman–Crippen MR) is 76.3 cm³/mol. The molecule has 0 bridgehead atoms. The lowest BCUT2D eigenvalue weighted by Gasteiger charge is -2.09. The first kappa shape index (κ1) is 13.5. The molecule has 2 amide bonds. The van der Waals surface area contributed by atoms with Crippen LogP contribution in [0.15, 0.2) is 36.5 Å². The van der Waals surface area contributed by atoms with Crippen molar-refractivity contribution in [2.45, 2.75) is 6.92 Å². The normalized spacial score (nSPS) is 10.1. The SMILES string of the molecule is Cc1cc(C(N)=O)ccc1NC(=O)c1ccc(N)cn1. The van der Waals surface area contributed by atoms with Gasteiger partial charge < -0.3 is 16.8 Å². The van der Waals surface area contributed by atoms with Gasteiger partial charge >= 0.3 is 0 Å². The second-order valence-corrected chi connectivity index (χ2v) is 4.32. The third-order valence-electron chi connectivity index (χ3n) is 2.78. The summed E-state index contributed by atoms with van der Waals surface area (Å²) in [5.74, 6) is -0.855. The average molecular weight is 270 g/mol. The van der Waals surface area contributed by atoms with Gasteiger partial charge in [-0.3, -0.25) is 9.59 Å². The maximum atomic E-state index is 12.0. The van der Waals surface area contributed by atoms with Gasteiger partial charge in [-0.2, -0.15) is 0 Å². The van der Waals surface area contributed by atoms with Crippen LogP contribution < -0.4 is 16.8 Å². The number of aryl methyl sites for hydroxylation is 1. The van der Waals surface area contributed by atoms with Gasteiger partial charge in [0.1, 0.15) is 5.69 Å². The van der Waals surface area contributed by atoms with Crippen molar-refractivity contribution in [1.29, 1.82) is 0 Å². The Hall–Kier alpha value is -2.89. The van der Waals surface area contributed by atoms with Crippen LogP contribution >= 0.6 is 0 Å². The van der Waals surface area contributed by atoms with Crippen LogP contribution in [0.3, 0.4) is 0 Å². The van der Waals surface area contributed by atoms with Crippen LogP contribution in [0.2, 0.25) is 0 Å². The van der Waals surface area contributed by atoms with Gasteiger partial charge in [0, 0.05) is 11.3 Å². The van der Waals surface area contributed by atoms with Crippen molar-refractivity contribution in [3.8, 4) is 0 Å². The fourth-order valence-corrected chi connectivity index (χ4v) is 1.68. The lowest BCUT2D eigenvalue weighted by Crippen LogP contribution is -2.15. The molecule has 0 aliphatic heterocycles. The third kappa shape index (κ3) is 2.92. The molecule has 5 N–H and O–H groups in total. The van der Waals surface area contributed by atoms with E-state index in [1.54, 1.807) is 31.2 Å². The molecule has 0 unspecified atom stereocenters. The van der Waals surface area contributed by atoms with Crippen LogP contribution in [-0.2, 0) is 0 Å².